The zero-order chi connectivity index (χ0) is 10.2. The maximum atomic E-state index is 6.29. The third-order valence-electron chi connectivity index (χ3n) is 3.66. The summed E-state index contributed by atoms with van der Waals surface area (Å²) in [7, 11) is 0. The number of nitrogens with two attached hydrogens (primary N) is 1. The standard InChI is InChI=1S/C11H21NO2/c1-3-13-9(14-4-2)10(5-6-10)11(12)7-8-11/h9H,3-8,12H2,1-2H3. The molecule has 0 atom stereocenters. The van der Waals surface area contributed by atoms with Gasteiger partial charge >= 0.3 is 0 Å². The van der Waals surface area contributed by atoms with E-state index in [0.29, 0.717) is 13.2 Å². The minimum Gasteiger partial charge on any atom is -0.352 e. The summed E-state index contributed by atoms with van der Waals surface area (Å²) in [6.45, 7) is 5.45. The third kappa shape index (κ3) is 1.47. The lowest BCUT2D eigenvalue weighted by molar-refractivity contribution is -0.183. The van der Waals surface area contributed by atoms with Crippen molar-refractivity contribution in [2.24, 2.45) is 11.1 Å². The molecule has 0 aromatic carbocycles. The SMILES string of the molecule is CCOC(OCC)C1(C2(N)CC2)CC1. The summed E-state index contributed by atoms with van der Waals surface area (Å²) in [5.41, 5.74) is 6.47. The van der Waals surface area contributed by atoms with Crippen molar-refractivity contribution in [3.05, 3.63) is 0 Å². The smallest absolute Gasteiger partial charge is 0.164 e. The monoisotopic (exact) mass is 199 g/mol. The van der Waals surface area contributed by atoms with Crippen LogP contribution < -0.4 is 5.73 Å². The van der Waals surface area contributed by atoms with E-state index in [1.165, 1.54) is 12.8 Å². The van der Waals surface area contributed by atoms with Crippen LogP contribution in [0.5, 0.6) is 0 Å². The van der Waals surface area contributed by atoms with Crippen molar-refractivity contribution in [2.45, 2.75) is 51.4 Å². The minimum atomic E-state index is -0.0648. The Bertz CT molecular complexity index is 203. The van der Waals surface area contributed by atoms with E-state index in [1.54, 1.807) is 0 Å². The average molecular weight is 199 g/mol. The Hall–Kier alpha value is -0.120. The van der Waals surface area contributed by atoms with E-state index in [4.69, 9.17) is 15.2 Å². The molecule has 2 aliphatic rings. The molecule has 0 heterocycles. The van der Waals surface area contributed by atoms with Crippen LogP contribution >= 0.6 is 0 Å². The maximum absolute atomic E-state index is 6.29. The molecule has 2 fully saturated rings. The third-order valence-corrected chi connectivity index (χ3v) is 3.66. The van der Waals surface area contributed by atoms with E-state index < -0.39 is 0 Å². The van der Waals surface area contributed by atoms with Crippen molar-refractivity contribution in [3.8, 4) is 0 Å². The van der Waals surface area contributed by atoms with Gasteiger partial charge in [-0.25, -0.2) is 0 Å². The molecule has 0 aliphatic heterocycles. The van der Waals surface area contributed by atoms with E-state index in [-0.39, 0.29) is 17.2 Å². The molecule has 2 N–H and O–H groups in total. The molecule has 2 aliphatic carbocycles. The quantitative estimate of drug-likeness (QED) is 0.662. The van der Waals surface area contributed by atoms with Crippen LogP contribution in [0.25, 0.3) is 0 Å². The highest BCUT2D eigenvalue weighted by Crippen LogP contribution is 2.65. The van der Waals surface area contributed by atoms with Crippen LogP contribution in [0, 0.1) is 5.41 Å². The zero-order valence-corrected chi connectivity index (χ0v) is 9.21. The highest BCUT2D eigenvalue weighted by molar-refractivity contribution is 5.20. The summed E-state index contributed by atoms with van der Waals surface area (Å²) < 4.78 is 11.3. The lowest BCUT2D eigenvalue weighted by atomic mass is 9.93. The van der Waals surface area contributed by atoms with Crippen molar-refractivity contribution < 1.29 is 9.47 Å². The van der Waals surface area contributed by atoms with Crippen LogP contribution in [-0.2, 0) is 9.47 Å². The van der Waals surface area contributed by atoms with Gasteiger partial charge in [0.1, 0.15) is 0 Å². The zero-order valence-electron chi connectivity index (χ0n) is 9.21. The molecule has 0 saturated heterocycles. The molecule has 0 unspecified atom stereocenters. The molecule has 0 aromatic rings. The van der Waals surface area contributed by atoms with Gasteiger partial charge in [-0.3, -0.25) is 0 Å². The molecule has 2 rings (SSSR count). The van der Waals surface area contributed by atoms with Crippen LogP contribution in [0.3, 0.4) is 0 Å². The van der Waals surface area contributed by atoms with Gasteiger partial charge < -0.3 is 15.2 Å². The van der Waals surface area contributed by atoms with Crippen LogP contribution in [0.1, 0.15) is 39.5 Å². The topological polar surface area (TPSA) is 44.5 Å². The fraction of sp³-hybridized carbons (Fsp3) is 1.00. The van der Waals surface area contributed by atoms with Crippen molar-refractivity contribution in [1.29, 1.82) is 0 Å². The second-order valence-corrected chi connectivity index (χ2v) is 4.55. The molecule has 14 heavy (non-hydrogen) atoms. The average Bonchev–Trinajstić information content (AvgIpc) is 2.99. The summed E-state index contributed by atoms with van der Waals surface area (Å²) in [4.78, 5) is 0. The number of hydrogen-bond donors (Lipinski definition) is 1. The van der Waals surface area contributed by atoms with Gasteiger partial charge in [0.25, 0.3) is 0 Å². The largest absolute Gasteiger partial charge is 0.352 e. The predicted octanol–water partition coefficient (Wildman–Crippen LogP) is 1.66. The van der Waals surface area contributed by atoms with Gasteiger partial charge in [-0.2, -0.15) is 0 Å². The first-order chi connectivity index (χ1) is 6.68. The normalized spacial score (nSPS) is 26.6. The predicted molar refractivity (Wildman–Crippen MR) is 54.9 cm³/mol. The summed E-state index contributed by atoms with van der Waals surface area (Å²) in [6, 6.07) is 0. The fourth-order valence-electron chi connectivity index (χ4n) is 2.41. The number of hydrogen-bond acceptors (Lipinski definition) is 3. The van der Waals surface area contributed by atoms with Gasteiger partial charge in [0.15, 0.2) is 6.29 Å². The Morgan fingerprint density at radius 3 is 1.86 bits per heavy atom. The van der Waals surface area contributed by atoms with Crippen LogP contribution in [0.2, 0.25) is 0 Å². The minimum absolute atomic E-state index is 0.0298. The second kappa shape index (κ2) is 3.47. The Morgan fingerprint density at radius 2 is 1.57 bits per heavy atom. The molecule has 3 heteroatoms. The highest BCUT2D eigenvalue weighted by atomic mass is 16.7. The van der Waals surface area contributed by atoms with Gasteiger partial charge in [0.05, 0.1) is 0 Å². The van der Waals surface area contributed by atoms with Crippen molar-refractivity contribution in [2.75, 3.05) is 13.2 Å². The van der Waals surface area contributed by atoms with Gasteiger partial charge in [-0.1, -0.05) is 0 Å². The Morgan fingerprint density at radius 1 is 1.07 bits per heavy atom. The molecule has 0 spiro atoms. The molecule has 2 saturated carbocycles. The fourth-order valence-corrected chi connectivity index (χ4v) is 2.41. The molecule has 0 aromatic heterocycles. The van der Waals surface area contributed by atoms with Gasteiger partial charge in [-0.05, 0) is 39.5 Å². The molecule has 3 nitrogen and oxygen atoms in total. The maximum Gasteiger partial charge on any atom is 0.164 e. The molecule has 82 valence electrons. The molecular weight excluding hydrogens is 178 g/mol. The molecule has 0 amide bonds. The van der Waals surface area contributed by atoms with E-state index in [9.17, 15) is 0 Å². The lowest BCUT2D eigenvalue weighted by Crippen LogP contribution is -2.44. The van der Waals surface area contributed by atoms with Crippen LogP contribution in [-0.4, -0.2) is 25.0 Å². The summed E-state index contributed by atoms with van der Waals surface area (Å²) in [5, 5.41) is 0. The Kier molecular flexibility index (Phi) is 2.58. The Balaban J connectivity index is 2.02. The number of ether oxygens (including phenoxy) is 2. The molecule has 0 radical (unpaired) electrons. The molecule has 0 bridgehead atoms. The van der Waals surface area contributed by atoms with Gasteiger partial charge in [0.2, 0.25) is 0 Å². The second-order valence-electron chi connectivity index (χ2n) is 4.55. The van der Waals surface area contributed by atoms with Crippen molar-refractivity contribution >= 4 is 0 Å². The van der Waals surface area contributed by atoms with E-state index >= 15 is 0 Å². The van der Waals surface area contributed by atoms with Crippen LogP contribution in [0.4, 0.5) is 0 Å². The summed E-state index contributed by atoms with van der Waals surface area (Å²) >= 11 is 0. The first kappa shape index (κ1) is 10.4. The van der Waals surface area contributed by atoms with Crippen LogP contribution in [0.15, 0.2) is 0 Å². The van der Waals surface area contributed by atoms with E-state index in [1.807, 2.05) is 13.8 Å². The van der Waals surface area contributed by atoms with Gasteiger partial charge in [-0.15, -0.1) is 0 Å². The summed E-state index contributed by atoms with van der Waals surface area (Å²) in [6.07, 6.45) is 4.57. The molecular formula is C11H21NO2. The first-order valence-corrected chi connectivity index (χ1v) is 5.70. The summed E-state index contributed by atoms with van der Waals surface area (Å²) in [5.74, 6) is 0. The van der Waals surface area contributed by atoms with Crippen molar-refractivity contribution in [1.82, 2.24) is 0 Å². The van der Waals surface area contributed by atoms with E-state index in [0.717, 1.165) is 12.8 Å². The highest BCUT2D eigenvalue weighted by Gasteiger charge is 2.67. The van der Waals surface area contributed by atoms with E-state index in [2.05, 4.69) is 0 Å². The van der Waals surface area contributed by atoms with Gasteiger partial charge in [0, 0.05) is 24.2 Å². The number of rotatable bonds is 6. The lowest BCUT2D eigenvalue weighted by Gasteiger charge is -2.31. The van der Waals surface area contributed by atoms with Crippen molar-refractivity contribution in [3.63, 3.8) is 0 Å². The first-order valence-electron chi connectivity index (χ1n) is 5.70. The Labute approximate surface area is 85.9 Å².